The molecule has 0 aliphatic heterocycles. The summed E-state index contributed by atoms with van der Waals surface area (Å²) in [5.41, 5.74) is 5.91. The van der Waals surface area contributed by atoms with E-state index in [-0.39, 0.29) is 0 Å². The second-order valence-electron chi connectivity index (χ2n) is 7.15. The summed E-state index contributed by atoms with van der Waals surface area (Å²) in [7, 11) is 0. The van der Waals surface area contributed by atoms with Crippen LogP contribution in [0, 0.1) is 0 Å². The van der Waals surface area contributed by atoms with Gasteiger partial charge in [0, 0.05) is 16.8 Å². The molecule has 0 saturated carbocycles. The molecular weight excluding hydrogens is 382 g/mol. The van der Waals surface area contributed by atoms with Crippen molar-refractivity contribution in [3.05, 3.63) is 125 Å². The van der Waals surface area contributed by atoms with E-state index in [1.807, 2.05) is 0 Å². The number of nitrogens with zero attached hydrogens (tertiary/aromatic N) is 1. The fraction of sp³-hybridized carbons (Fsp3) is 0. The maximum Gasteiger partial charge on any atom is 0.0540 e. The van der Waals surface area contributed by atoms with E-state index in [2.05, 4.69) is 131 Å². The normalized spacial score (nSPS) is 11.2. The number of para-hydroxylation sites is 1. The average molecular weight is 404 g/mol. The Balaban J connectivity index is 1.58. The van der Waals surface area contributed by atoms with E-state index >= 15 is 0 Å². The summed E-state index contributed by atoms with van der Waals surface area (Å²) < 4.78 is 0. The molecule has 2 heteroatoms. The predicted molar refractivity (Wildman–Crippen MR) is 132 cm³/mol. The van der Waals surface area contributed by atoms with Crippen molar-refractivity contribution in [2.45, 2.75) is 0 Å². The molecule has 0 amide bonds. The number of rotatable bonds is 5. The van der Waals surface area contributed by atoms with Crippen LogP contribution in [0.25, 0.3) is 22.9 Å². The highest BCUT2D eigenvalue weighted by molar-refractivity contribution is 7.08. The first-order chi connectivity index (χ1) is 14.9. The molecule has 5 aromatic rings. The van der Waals surface area contributed by atoms with Gasteiger partial charge in [0.2, 0.25) is 0 Å². The molecule has 0 fully saturated rings. The average Bonchev–Trinajstić information content (AvgIpc) is 3.33. The highest BCUT2D eigenvalue weighted by Gasteiger charge is 2.14. The van der Waals surface area contributed by atoms with Gasteiger partial charge >= 0.3 is 0 Å². The number of hydrogen-bond acceptors (Lipinski definition) is 2. The van der Waals surface area contributed by atoms with Crippen molar-refractivity contribution < 1.29 is 0 Å². The Morgan fingerprint density at radius 3 is 2.07 bits per heavy atom. The minimum Gasteiger partial charge on any atom is -0.310 e. The monoisotopic (exact) mass is 403 g/mol. The van der Waals surface area contributed by atoms with E-state index < -0.39 is 0 Å². The third-order valence-corrected chi connectivity index (χ3v) is 5.89. The molecule has 0 spiro atoms. The Hall–Kier alpha value is -3.62. The van der Waals surface area contributed by atoms with Crippen LogP contribution in [0.3, 0.4) is 0 Å². The molecule has 1 aromatic heterocycles. The second kappa shape index (κ2) is 8.40. The second-order valence-corrected chi connectivity index (χ2v) is 7.93. The number of anilines is 3. The lowest BCUT2D eigenvalue weighted by Crippen LogP contribution is -2.10. The van der Waals surface area contributed by atoms with Crippen LogP contribution in [-0.4, -0.2) is 0 Å². The van der Waals surface area contributed by atoms with E-state index in [4.69, 9.17) is 0 Å². The SMILES string of the molecule is C(=C\c1ccsc1)/c1ccc(N(c2ccccc2)c2cccc3ccccc23)cc1. The molecule has 4 aromatic carbocycles. The molecule has 1 nitrogen and oxygen atoms in total. The molecule has 0 atom stereocenters. The Labute approximate surface area is 181 Å². The Morgan fingerprint density at radius 2 is 1.27 bits per heavy atom. The fourth-order valence-electron chi connectivity index (χ4n) is 3.70. The van der Waals surface area contributed by atoms with Crippen LogP contribution in [0.1, 0.15) is 11.1 Å². The van der Waals surface area contributed by atoms with Gasteiger partial charge in [0.15, 0.2) is 0 Å². The first kappa shape index (κ1) is 18.4. The number of benzene rings is 4. The van der Waals surface area contributed by atoms with E-state index in [1.165, 1.54) is 27.6 Å². The summed E-state index contributed by atoms with van der Waals surface area (Å²) >= 11 is 1.72. The number of fused-ring (bicyclic) bond motifs is 1. The minimum absolute atomic E-state index is 1.14. The van der Waals surface area contributed by atoms with E-state index in [0.717, 1.165) is 11.4 Å². The molecular formula is C28H21NS. The Kier molecular flexibility index (Phi) is 5.15. The van der Waals surface area contributed by atoms with Gasteiger partial charge < -0.3 is 4.90 Å². The molecule has 144 valence electrons. The topological polar surface area (TPSA) is 3.24 Å². The molecule has 0 aliphatic rings. The van der Waals surface area contributed by atoms with Gasteiger partial charge in [0.1, 0.15) is 0 Å². The zero-order chi connectivity index (χ0) is 20.2. The lowest BCUT2D eigenvalue weighted by atomic mass is 10.1. The van der Waals surface area contributed by atoms with Gasteiger partial charge in [-0.1, -0.05) is 78.9 Å². The summed E-state index contributed by atoms with van der Waals surface area (Å²) in [6.07, 6.45) is 4.32. The molecule has 5 rings (SSSR count). The third kappa shape index (κ3) is 3.78. The van der Waals surface area contributed by atoms with E-state index in [1.54, 1.807) is 11.3 Å². The van der Waals surface area contributed by atoms with Crippen LogP contribution in [-0.2, 0) is 0 Å². The lowest BCUT2D eigenvalue weighted by molar-refractivity contribution is 1.30. The van der Waals surface area contributed by atoms with Crippen LogP contribution in [0.5, 0.6) is 0 Å². The van der Waals surface area contributed by atoms with Crippen LogP contribution < -0.4 is 4.90 Å². The molecule has 1 heterocycles. The minimum atomic E-state index is 1.14. The third-order valence-electron chi connectivity index (χ3n) is 5.18. The quantitative estimate of drug-likeness (QED) is 0.284. The van der Waals surface area contributed by atoms with Crippen LogP contribution in [0.4, 0.5) is 17.1 Å². The lowest BCUT2D eigenvalue weighted by Gasteiger charge is -2.27. The van der Waals surface area contributed by atoms with Gasteiger partial charge in [0.05, 0.1) is 5.69 Å². The van der Waals surface area contributed by atoms with E-state index in [9.17, 15) is 0 Å². The van der Waals surface area contributed by atoms with Crippen molar-refractivity contribution in [1.82, 2.24) is 0 Å². The summed E-state index contributed by atoms with van der Waals surface area (Å²) in [4.78, 5) is 2.33. The highest BCUT2D eigenvalue weighted by Crippen LogP contribution is 2.38. The fourth-order valence-corrected chi connectivity index (χ4v) is 4.33. The molecule has 0 aliphatic carbocycles. The number of thiophene rings is 1. The maximum absolute atomic E-state index is 2.33. The number of hydrogen-bond donors (Lipinski definition) is 0. The summed E-state index contributed by atoms with van der Waals surface area (Å²) in [6.45, 7) is 0. The van der Waals surface area contributed by atoms with Gasteiger partial charge in [0.25, 0.3) is 0 Å². The molecule has 0 saturated heterocycles. The first-order valence-electron chi connectivity index (χ1n) is 10.0. The first-order valence-corrected chi connectivity index (χ1v) is 11.0. The highest BCUT2D eigenvalue weighted by atomic mass is 32.1. The van der Waals surface area contributed by atoms with Gasteiger partial charge in [-0.3, -0.25) is 0 Å². The Morgan fingerprint density at radius 1 is 0.567 bits per heavy atom. The smallest absolute Gasteiger partial charge is 0.0540 e. The summed E-state index contributed by atoms with van der Waals surface area (Å²) in [5, 5.41) is 6.74. The van der Waals surface area contributed by atoms with Gasteiger partial charge in [-0.2, -0.15) is 11.3 Å². The van der Waals surface area contributed by atoms with Crippen molar-refractivity contribution in [3.8, 4) is 0 Å². The van der Waals surface area contributed by atoms with Crippen LogP contribution >= 0.6 is 11.3 Å². The van der Waals surface area contributed by atoms with Crippen LogP contribution in [0.15, 0.2) is 114 Å². The van der Waals surface area contributed by atoms with Crippen molar-refractivity contribution in [2.24, 2.45) is 0 Å². The Bertz CT molecular complexity index is 1260. The zero-order valence-electron chi connectivity index (χ0n) is 16.5. The zero-order valence-corrected chi connectivity index (χ0v) is 17.3. The van der Waals surface area contributed by atoms with E-state index in [0.29, 0.717) is 0 Å². The largest absolute Gasteiger partial charge is 0.310 e. The molecule has 0 N–H and O–H groups in total. The summed E-state index contributed by atoms with van der Waals surface area (Å²) in [6, 6.07) is 36.5. The van der Waals surface area contributed by atoms with Crippen molar-refractivity contribution in [2.75, 3.05) is 4.90 Å². The van der Waals surface area contributed by atoms with Crippen LogP contribution in [0.2, 0.25) is 0 Å². The van der Waals surface area contributed by atoms with Gasteiger partial charge in [-0.05, 0) is 63.7 Å². The van der Waals surface area contributed by atoms with Gasteiger partial charge in [-0.25, -0.2) is 0 Å². The summed E-state index contributed by atoms with van der Waals surface area (Å²) in [5.74, 6) is 0. The van der Waals surface area contributed by atoms with Crippen molar-refractivity contribution in [1.29, 1.82) is 0 Å². The molecule has 0 radical (unpaired) electrons. The standard InChI is InChI=1S/C28H21NS/c1-2-9-25(10-3-1)29(28-12-6-8-24-7-4-5-11-27(24)28)26-17-15-22(16-18-26)13-14-23-19-20-30-21-23/h1-21H/b14-13+. The van der Waals surface area contributed by atoms with Crippen molar-refractivity contribution in [3.63, 3.8) is 0 Å². The molecule has 0 unspecified atom stereocenters. The maximum atomic E-state index is 2.33. The molecule has 0 bridgehead atoms. The predicted octanol–water partition coefficient (Wildman–Crippen LogP) is 8.54. The van der Waals surface area contributed by atoms with Crippen molar-refractivity contribution >= 4 is 51.3 Å². The molecule has 30 heavy (non-hydrogen) atoms. The van der Waals surface area contributed by atoms with Gasteiger partial charge in [-0.15, -0.1) is 0 Å².